The van der Waals surface area contributed by atoms with Gasteiger partial charge in [0.1, 0.15) is 5.82 Å². The zero-order valence-electron chi connectivity index (χ0n) is 14.0. The molecule has 0 spiro atoms. The number of anilines is 2. The van der Waals surface area contributed by atoms with Crippen molar-refractivity contribution in [3.63, 3.8) is 0 Å². The molecule has 0 N–H and O–H groups in total. The molecular formula is C20H21N3. The molecule has 0 radical (unpaired) electrons. The Hall–Kier alpha value is -2.68. The van der Waals surface area contributed by atoms with Crippen molar-refractivity contribution in [3.8, 4) is 11.4 Å². The third kappa shape index (κ3) is 3.24. The van der Waals surface area contributed by atoms with E-state index in [9.17, 15) is 0 Å². The SMILES string of the molecule is Cc1cccc(-c2cccc(N(C)c3ccc(C)c(C)c3)n2)n1. The molecule has 3 heteroatoms. The summed E-state index contributed by atoms with van der Waals surface area (Å²) in [6, 6.07) is 18.5. The lowest BCUT2D eigenvalue weighted by Gasteiger charge is -2.20. The molecule has 0 fully saturated rings. The van der Waals surface area contributed by atoms with Crippen molar-refractivity contribution >= 4 is 11.5 Å². The summed E-state index contributed by atoms with van der Waals surface area (Å²) in [4.78, 5) is 11.4. The lowest BCUT2D eigenvalue weighted by atomic mass is 10.1. The van der Waals surface area contributed by atoms with Crippen molar-refractivity contribution in [2.75, 3.05) is 11.9 Å². The van der Waals surface area contributed by atoms with Gasteiger partial charge in [0, 0.05) is 18.4 Å². The zero-order chi connectivity index (χ0) is 16.4. The van der Waals surface area contributed by atoms with Crippen LogP contribution in [0.4, 0.5) is 11.5 Å². The van der Waals surface area contributed by atoms with Crippen molar-refractivity contribution in [1.29, 1.82) is 0 Å². The Morgan fingerprint density at radius 2 is 1.43 bits per heavy atom. The molecule has 0 amide bonds. The Kier molecular flexibility index (Phi) is 4.11. The number of nitrogens with zero attached hydrogens (tertiary/aromatic N) is 3. The number of hydrogen-bond acceptors (Lipinski definition) is 3. The predicted octanol–water partition coefficient (Wildman–Crippen LogP) is 4.84. The second-order valence-corrected chi connectivity index (χ2v) is 5.87. The maximum absolute atomic E-state index is 4.78. The zero-order valence-corrected chi connectivity index (χ0v) is 14.0. The van der Waals surface area contributed by atoms with Crippen molar-refractivity contribution in [1.82, 2.24) is 9.97 Å². The van der Waals surface area contributed by atoms with E-state index in [-0.39, 0.29) is 0 Å². The number of rotatable bonds is 3. The maximum atomic E-state index is 4.78. The van der Waals surface area contributed by atoms with Crippen LogP contribution in [-0.2, 0) is 0 Å². The molecule has 0 saturated carbocycles. The molecule has 2 aromatic heterocycles. The summed E-state index contributed by atoms with van der Waals surface area (Å²) >= 11 is 0. The van der Waals surface area contributed by atoms with Gasteiger partial charge in [-0.1, -0.05) is 18.2 Å². The third-order valence-electron chi connectivity index (χ3n) is 4.11. The van der Waals surface area contributed by atoms with Gasteiger partial charge in [-0.05, 0) is 68.3 Å². The van der Waals surface area contributed by atoms with Gasteiger partial charge in [-0.3, -0.25) is 4.98 Å². The molecule has 0 bridgehead atoms. The second-order valence-electron chi connectivity index (χ2n) is 5.87. The summed E-state index contributed by atoms with van der Waals surface area (Å²) in [5, 5.41) is 0. The molecule has 0 unspecified atom stereocenters. The monoisotopic (exact) mass is 303 g/mol. The topological polar surface area (TPSA) is 29.0 Å². The van der Waals surface area contributed by atoms with E-state index in [0.717, 1.165) is 28.6 Å². The Morgan fingerprint density at radius 3 is 2.13 bits per heavy atom. The molecule has 0 aliphatic rings. The molecule has 1 aromatic carbocycles. The van der Waals surface area contributed by atoms with E-state index in [0.29, 0.717) is 0 Å². The highest BCUT2D eigenvalue weighted by Crippen LogP contribution is 2.26. The minimum Gasteiger partial charge on any atom is -0.329 e. The van der Waals surface area contributed by atoms with Gasteiger partial charge in [0.05, 0.1) is 11.4 Å². The Labute approximate surface area is 137 Å². The van der Waals surface area contributed by atoms with Crippen LogP contribution in [0.15, 0.2) is 54.6 Å². The van der Waals surface area contributed by atoms with Gasteiger partial charge in [-0.25, -0.2) is 4.98 Å². The van der Waals surface area contributed by atoms with E-state index in [1.807, 2.05) is 50.4 Å². The fourth-order valence-electron chi connectivity index (χ4n) is 2.50. The van der Waals surface area contributed by atoms with Crippen LogP contribution in [0, 0.1) is 20.8 Å². The summed E-state index contributed by atoms with van der Waals surface area (Å²) in [5.41, 5.74) is 6.51. The van der Waals surface area contributed by atoms with E-state index in [4.69, 9.17) is 4.98 Å². The first-order valence-corrected chi connectivity index (χ1v) is 7.76. The Bertz CT molecular complexity index is 840. The van der Waals surface area contributed by atoms with E-state index in [1.54, 1.807) is 0 Å². The van der Waals surface area contributed by atoms with Crippen LogP contribution in [-0.4, -0.2) is 17.0 Å². The number of aromatic nitrogens is 2. The molecule has 0 atom stereocenters. The molecule has 116 valence electrons. The lowest BCUT2D eigenvalue weighted by Crippen LogP contribution is -2.11. The van der Waals surface area contributed by atoms with E-state index in [2.05, 4.69) is 41.9 Å². The number of aryl methyl sites for hydroxylation is 3. The molecule has 3 rings (SSSR count). The first-order valence-electron chi connectivity index (χ1n) is 7.76. The molecular weight excluding hydrogens is 282 g/mol. The molecule has 0 saturated heterocycles. The van der Waals surface area contributed by atoms with Gasteiger partial charge >= 0.3 is 0 Å². The molecule has 2 heterocycles. The van der Waals surface area contributed by atoms with Gasteiger partial charge < -0.3 is 4.90 Å². The second kappa shape index (κ2) is 6.21. The minimum absolute atomic E-state index is 0.891. The molecule has 0 aliphatic heterocycles. The van der Waals surface area contributed by atoms with Crippen LogP contribution < -0.4 is 4.90 Å². The van der Waals surface area contributed by atoms with Gasteiger partial charge in [0.25, 0.3) is 0 Å². The minimum atomic E-state index is 0.891. The van der Waals surface area contributed by atoms with E-state index in [1.165, 1.54) is 11.1 Å². The van der Waals surface area contributed by atoms with Crippen LogP contribution in [0.2, 0.25) is 0 Å². The van der Waals surface area contributed by atoms with Crippen molar-refractivity contribution in [2.45, 2.75) is 20.8 Å². The van der Waals surface area contributed by atoms with E-state index < -0.39 is 0 Å². The van der Waals surface area contributed by atoms with Crippen LogP contribution in [0.1, 0.15) is 16.8 Å². The van der Waals surface area contributed by atoms with Crippen LogP contribution in [0.25, 0.3) is 11.4 Å². The van der Waals surface area contributed by atoms with Gasteiger partial charge in [-0.2, -0.15) is 0 Å². The van der Waals surface area contributed by atoms with Gasteiger partial charge in [-0.15, -0.1) is 0 Å². The molecule has 0 aliphatic carbocycles. The average Bonchev–Trinajstić information content (AvgIpc) is 2.57. The number of hydrogen-bond donors (Lipinski definition) is 0. The average molecular weight is 303 g/mol. The highest BCUT2D eigenvalue weighted by Gasteiger charge is 2.09. The first kappa shape index (κ1) is 15.2. The fraction of sp³-hybridized carbons (Fsp3) is 0.200. The smallest absolute Gasteiger partial charge is 0.133 e. The summed E-state index contributed by atoms with van der Waals surface area (Å²) < 4.78 is 0. The predicted molar refractivity (Wildman–Crippen MR) is 96.2 cm³/mol. The van der Waals surface area contributed by atoms with Crippen LogP contribution >= 0.6 is 0 Å². The normalized spacial score (nSPS) is 10.6. The highest BCUT2D eigenvalue weighted by molar-refractivity contribution is 5.64. The summed E-state index contributed by atoms with van der Waals surface area (Å²) in [6.07, 6.45) is 0. The largest absolute Gasteiger partial charge is 0.329 e. The first-order chi connectivity index (χ1) is 11.0. The Balaban J connectivity index is 1.97. The molecule has 23 heavy (non-hydrogen) atoms. The number of pyridine rings is 2. The molecule has 3 nitrogen and oxygen atoms in total. The number of benzene rings is 1. The third-order valence-corrected chi connectivity index (χ3v) is 4.11. The maximum Gasteiger partial charge on any atom is 0.133 e. The van der Waals surface area contributed by atoms with Crippen LogP contribution in [0.3, 0.4) is 0 Å². The Morgan fingerprint density at radius 1 is 0.739 bits per heavy atom. The standard InChI is InChI=1S/C20H21N3/c1-14-11-12-17(13-15(14)2)23(4)20-10-6-9-19(22-20)18-8-5-7-16(3)21-18/h5-13H,1-4H3. The highest BCUT2D eigenvalue weighted by atomic mass is 15.2. The fourth-order valence-corrected chi connectivity index (χ4v) is 2.50. The summed E-state index contributed by atoms with van der Waals surface area (Å²) in [6.45, 7) is 6.25. The van der Waals surface area contributed by atoms with Crippen molar-refractivity contribution in [2.24, 2.45) is 0 Å². The van der Waals surface area contributed by atoms with Gasteiger partial charge in [0.2, 0.25) is 0 Å². The van der Waals surface area contributed by atoms with Crippen LogP contribution in [0.5, 0.6) is 0 Å². The lowest BCUT2D eigenvalue weighted by molar-refractivity contribution is 1.11. The summed E-state index contributed by atoms with van der Waals surface area (Å²) in [7, 11) is 2.04. The summed E-state index contributed by atoms with van der Waals surface area (Å²) in [5.74, 6) is 0.911. The van der Waals surface area contributed by atoms with E-state index >= 15 is 0 Å². The quantitative estimate of drug-likeness (QED) is 0.693. The molecule has 3 aromatic rings. The van der Waals surface area contributed by atoms with Crippen molar-refractivity contribution in [3.05, 3.63) is 71.4 Å². The van der Waals surface area contributed by atoms with Gasteiger partial charge in [0.15, 0.2) is 0 Å². The van der Waals surface area contributed by atoms with Crippen molar-refractivity contribution < 1.29 is 0 Å².